The van der Waals surface area contributed by atoms with Gasteiger partial charge in [0.1, 0.15) is 0 Å². The summed E-state index contributed by atoms with van der Waals surface area (Å²) in [5.41, 5.74) is 3.04. The number of rotatable bonds is 4. The summed E-state index contributed by atoms with van der Waals surface area (Å²) in [6, 6.07) is 13.6. The van der Waals surface area contributed by atoms with E-state index >= 15 is 0 Å². The second kappa shape index (κ2) is 6.05. The third-order valence-corrected chi connectivity index (χ3v) is 2.87. The van der Waals surface area contributed by atoms with Crippen molar-refractivity contribution in [1.82, 2.24) is 0 Å². The lowest BCUT2D eigenvalue weighted by atomic mass is 10.1. The van der Waals surface area contributed by atoms with Gasteiger partial charge in [-0.25, -0.2) is 0 Å². The van der Waals surface area contributed by atoms with Gasteiger partial charge in [0.2, 0.25) is 0 Å². The summed E-state index contributed by atoms with van der Waals surface area (Å²) in [6.07, 6.45) is 1.66. The normalized spacial score (nSPS) is 10.8. The van der Waals surface area contributed by atoms with Crippen LogP contribution in [0.15, 0.2) is 47.5 Å². The van der Waals surface area contributed by atoms with Gasteiger partial charge in [0.05, 0.1) is 13.7 Å². The van der Waals surface area contributed by atoms with E-state index in [0.29, 0.717) is 17.9 Å². The first-order valence-corrected chi connectivity index (χ1v) is 6.12. The number of aromatic hydroxyl groups is 1. The van der Waals surface area contributed by atoms with Crippen molar-refractivity contribution >= 4 is 6.21 Å². The third-order valence-electron chi connectivity index (χ3n) is 2.87. The largest absolute Gasteiger partial charge is 0.504 e. The first-order valence-electron chi connectivity index (χ1n) is 6.12. The quantitative estimate of drug-likeness (QED) is 0.851. The zero-order chi connectivity index (χ0) is 13.7. The molecule has 2 rings (SSSR count). The molecule has 3 nitrogen and oxygen atoms in total. The molecule has 0 saturated heterocycles. The molecule has 0 bridgehead atoms. The van der Waals surface area contributed by atoms with Gasteiger partial charge in [0, 0.05) is 11.8 Å². The number of aryl methyl sites for hydroxylation is 1. The summed E-state index contributed by atoms with van der Waals surface area (Å²) >= 11 is 0. The zero-order valence-electron chi connectivity index (χ0n) is 11.1. The second-order valence-electron chi connectivity index (χ2n) is 4.35. The molecule has 0 radical (unpaired) electrons. The van der Waals surface area contributed by atoms with Crippen LogP contribution in [0.3, 0.4) is 0 Å². The van der Waals surface area contributed by atoms with E-state index in [1.165, 1.54) is 12.7 Å². The fourth-order valence-corrected chi connectivity index (χ4v) is 1.75. The minimum absolute atomic E-state index is 0.123. The van der Waals surface area contributed by atoms with Gasteiger partial charge in [-0.2, -0.15) is 0 Å². The van der Waals surface area contributed by atoms with Crippen LogP contribution < -0.4 is 4.74 Å². The summed E-state index contributed by atoms with van der Waals surface area (Å²) in [5.74, 6) is 0.581. The standard InChI is InChI=1S/C16H17NO2/c1-12-6-8-13(9-7-12)10-17-11-14-4-3-5-15(19-2)16(14)18/h3-9,11,18H,10H2,1-2H3. The highest BCUT2D eigenvalue weighted by Crippen LogP contribution is 2.28. The Morgan fingerprint density at radius 2 is 1.89 bits per heavy atom. The molecule has 0 aliphatic carbocycles. The van der Waals surface area contributed by atoms with Gasteiger partial charge in [-0.15, -0.1) is 0 Å². The van der Waals surface area contributed by atoms with Gasteiger partial charge in [0.25, 0.3) is 0 Å². The molecule has 0 heterocycles. The Morgan fingerprint density at radius 1 is 1.16 bits per heavy atom. The molecule has 2 aromatic carbocycles. The van der Waals surface area contributed by atoms with Crippen LogP contribution in [-0.2, 0) is 6.54 Å². The molecular weight excluding hydrogens is 238 g/mol. The van der Waals surface area contributed by atoms with Crippen LogP contribution in [-0.4, -0.2) is 18.4 Å². The van der Waals surface area contributed by atoms with Gasteiger partial charge >= 0.3 is 0 Å². The predicted octanol–water partition coefficient (Wildman–Crippen LogP) is 3.33. The monoisotopic (exact) mass is 255 g/mol. The second-order valence-corrected chi connectivity index (χ2v) is 4.35. The number of phenolic OH excluding ortho intramolecular Hbond substituents is 1. The first-order chi connectivity index (χ1) is 9.20. The maximum Gasteiger partial charge on any atom is 0.166 e. The zero-order valence-corrected chi connectivity index (χ0v) is 11.1. The van der Waals surface area contributed by atoms with E-state index in [-0.39, 0.29) is 5.75 Å². The molecule has 0 unspecified atom stereocenters. The molecule has 2 aromatic rings. The van der Waals surface area contributed by atoms with Crippen LogP contribution in [0.25, 0.3) is 0 Å². The van der Waals surface area contributed by atoms with Crippen LogP contribution in [0, 0.1) is 6.92 Å². The van der Waals surface area contributed by atoms with Gasteiger partial charge in [-0.05, 0) is 24.6 Å². The molecule has 1 N–H and O–H groups in total. The van der Waals surface area contributed by atoms with Crippen molar-refractivity contribution in [2.75, 3.05) is 7.11 Å². The molecular formula is C16H17NO2. The lowest BCUT2D eigenvalue weighted by Gasteiger charge is -2.04. The van der Waals surface area contributed by atoms with E-state index < -0.39 is 0 Å². The fraction of sp³-hybridized carbons (Fsp3) is 0.188. The lowest BCUT2D eigenvalue weighted by Crippen LogP contribution is -1.89. The van der Waals surface area contributed by atoms with Crippen molar-refractivity contribution in [3.05, 3.63) is 59.2 Å². The minimum atomic E-state index is 0.123. The van der Waals surface area contributed by atoms with Crippen LogP contribution in [0.2, 0.25) is 0 Å². The van der Waals surface area contributed by atoms with E-state index in [9.17, 15) is 5.11 Å². The van der Waals surface area contributed by atoms with Crippen LogP contribution >= 0.6 is 0 Å². The minimum Gasteiger partial charge on any atom is -0.504 e. The number of methoxy groups -OCH3 is 1. The molecule has 0 aliphatic heterocycles. The maximum absolute atomic E-state index is 9.91. The Morgan fingerprint density at radius 3 is 2.58 bits per heavy atom. The van der Waals surface area contributed by atoms with Crippen LogP contribution in [0.1, 0.15) is 16.7 Å². The fourth-order valence-electron chi connectivity index (χ4n) is 1.75. The molecule has 3 heteroatoms. The number of para-hydroxylation sites is 1. The molecule has 19 heavy (non-hydrogen) atoms. The van der Waals surface area contributed by atoms with E-state index in [2.05, 4.69) is 36.2 Å². The number of ether oxygens (including phenoxy) is 1. The number of nitrogens with zero attached hydrogens (tertiary/aromatic N) is 1. The Hall–Kier alpha value is -2.29. The average molecular weight is 255 g/mol. The van der Waals surface area contributed by atoms with Gasteiger partial charge < -0.3 is 9.84 Å². The van der Waals surface area contributed by atoms with E-state index in [1.54, 1.807) is 18.3 Å². The molecule has 0 spiro atoms. The van der Waals surface area contributed by atoms with Gasteiger partial charge in [-0.1, -0.05) is 35.9 Å². The van der Waals surface area contributed by atoms with Crippen LogP contribution in [0.4, 0.5) is 0 Å². The number of aliphatic imine (C=N–C) groups is 1. The Balaban J connectivity index is 2.09. The maximum atomic E-state index is 9.91. The number of hydrogen-bond acceptors (Lipinski definition) is 3. The van der Waals surface area contributed by atoms with E-state index in [1.807, 2.05) is 6.07 Å². The lowest BCUT2D eigenvalue weighted by molar-refractivity contribution is 0.373. The predicted molar refractivity (Wildman–Crippen MR) is 77.1 cm³/mol. The molecule has 0 aromatic heterocycles. The van der Waals surface area contributed by atoms with E-state index in [0.717, 1.165) is 5.56 Å². The summed E-state index contributed by atoms with van der Waals surface area (Å²) in [6.45, 7) is 2.65. The number of phenols is 1. The summed E-state index contributed by atoms with van der Waals surface area (Å²) in [5, 5.41) is 9.91. The third kappa shape index (κ3) is 3.35. The summed E-state index contributed by atoms with van der Waals surface area (Å²) in [4.78, 5) is 4.34. The van der Waals surface area contributed by atoms with Crippen molar-refractivity contribution < 1.29 is 9.84 Å². The molecule has 98 valence electrons. The summed E-state index contributed by atoms with van der Waals surface area (Å²) < 4.78 is 5.05. The summed E-state index contributed by atoms with van der Waals surface area (Å²) in [7, 11) is 1.53. The van der Waals surface area contributed by atoms with Crippen LogP contribution in [0.5, 0.6) is 11.5 Å². The Kier molecular flexibility index (Phi) is 4.18. The topological polar surface area (TPSA) is 41.8 Å². The van der Waals surface area contributed by atoms with Crippen molar-refractivity contribution in [3.8, 4) is 11.5 Å². The van der Waals surface area contributed by atoms with Gasteiger partial charge in [-0.3, -0.25) is 4.99 Å². The smallest absolute Gasteiger partial charge is 0.166 e. The molecule has 0 atom stereocenters. The molecule has 0 amide bonds. The van der Waals surface area contributed by atoms with E-state index in [4.69, 9.17) is 4.74 Å². The molecule has 0 fully saturated rings. The molecule has 0 aliphatic rings. The van der Waals surface area contributed by atoms with Crippen molar-refractivity contribution in [2.45, 2.75) is 13.5 Å². The van der Waals surface area contributed by atoms with Crippen molar-refractivity contribution in [1.29, 1.82) is 0 Å². The average Bonchev–Trinajstić information content (AvgIpc) is 2.43. The van der Waals surface area contributed by atoms with Crippen molar-refractivity contribution in [3.63, 3.8) is 0 Å². The first kappa shape index (κ1) is 13.1. The highest BCUT2D eigenvalue weighted by molar-refractivity contribution is 5.84. The SMILES string of the molecule is COc1cccc(C=NCc2ccc(C)cc2)c1O. The molecule has 0 saturated carbocycles. The highest BCUT2D eigenvalue weighted by atomic mass is 16.5. The van der Waals surface area contributed by atoms with Gasteiger partial charge in [0.15, 0.2) is 11.5 Å². The number of benzene rings is 2. The number of hydrogen-bond donors (Lipinski definition) is 1. The Bertz CT molecular complexity index is 574. The van der Waals surface area contributed by atoms with Crippen molar-refractivity contribution in [2.24, 2.45) is 4.99 Å². The Labute approximate surface area is 113 Å². The highest BCUT2D eigenvalue weighted by Gasteiger charge is 2.04.